The van der Waals surface area contributed by atoms with Gasteiger partial charge in [0.15, 0.2) is 0 Å². The summed E-state index contributed by atoms with van der Waals surface area (Å²) in [5.41, 5.74) is 0. The van der Waals surface area contributed by atoms with Gasteiger partial charge in [-0.15, -0.1) is 0 Å². The fraction of sp³-hybridized carbons (Fsp3) is 0.889. The lowest BCUT2D eigenvalue weighted by atomic mass is 10.2. The standard InChI is InChI=1S/C9H15F2NO3/c1-2-12-6-9(10,11)3-7(12)4-15-5-8(13)14/h7H,2-6H2,1H3,(H,13,14). The largest absolute Gasteiger partial charge is 0.480 e. The van der Waals surface area contributed by atoms with Crippen molar-refractivity contribution in [3.8, 4) is 0 Å². The third-order valence-electron chi connectivity index (χ3n) is 2.43. The number of rotatable bonds is 5. The number of hydrogen-bond acceptors (Lipinski definition) is 3. The molecular weight excluding hydrogens is 208 g/mol. The minimum Gasteiger partial charge on any atom is -0.480 e. The van der Waals surface area contributed by atoms with Crippen LogP contribution in [0.5, 0.6) is 0 Å². The number of nitrogens with zero attached hydrogens (tertiary/aromatic N) is 1. The maximum Gasteiger partial charge on any atom is 0.329 e. The summed E-state index contributed by atoms with van der Waals surface area (Å²) in [6.45, 7) is 1.68. The maximum absolute atomic E-state index is 13.0. The van der Waals surface area contributed by atoms with E-state index in [9.17, 15) is 13.6 Å². The van der Waals surface area contributed by atoms with Gasteiger partial charge < -0.3 is 9.84 Å². The van der Waals surface area contributed by atoms with E-state index in [0.29, 0.717) is 6.54 Å². The fourth-order valence-corrected chi connectivity index (χ4v) is 1.78. The van der Waals surface area contributed by atoms with Crippen LogP contribution in [0.2, 0.25) is 0 Å². The number of carboxylic acid groups (broad SMARTS) is 1. The molecule has 1 saturated heterocycles. The Morgan fingerprint density at radius 3 is 2.87 bits per heavy atom. The van der Waals surface area contributed by atoms with Crippen molar-refractivity contribution in [1.29, 1.82) is 0 Å². The molecule has 1 fully saturated rings. The average molecular weight is 223 g/mol. The normalized spacial score (nSPS) is 25.7. The second-order valence-corrected chi connectivity index (χ2v) is 3.69. The molecule has 0 saturated carbocycles. The first-order chi connectivity index (χ1) is 6.94. The van der Waals surface area contributed by atoms with Crippen LogP contribution in [-0.2, 0) is 9.53 Å². The Labute approximate surface area is 86.8 Å². The van der Waals surface area contributed by atoms with Gasteiger partial charge in [0.25, 0.3) is 5.92 Å². The first-order valence-electron chi connectivity index (χ1n) is 4.86. The van der Waals surface area contributed by atoms with E-state index in [1.807, 2.05) is 0 Å². The monoisotopic (exact) mass is 223 g/mol. The van der Waals surface area contributed by atoms with E-state index in [1.165, 1.54) is 0 Å². The molecule has 1 heterocycles. The van der Waals surface area contributed by atoms with Gasteiger partial charge in [0, 0.05) is 12.5 Å². The van der Waals surface area contributed by atoms with Crippen LogP contribution in [0.4, 0.5) is 8.78 Å². The van der Waals surface area contributed by atoms with Gasteiger partial charge in [0.2, 0.25) is 0 Å². The van der Waals surface area contributed by atoms with Crippen molar-refractivity contribution in [2.24, 2.45) is 0 Å². The highest BCUT2D eigenvalue weighted by Crippen LogP contribution is 2.31. The Kier molecular flexibility index (Phi) is 3.98. The molecule has 1 aliphatic rings. The van der Waals surface area contributed by atoms with Crippen molar-refractivity contribution in [2.45, 2.75) is 25.3 Å². The van der Waals surface area contributed by atoms with Crippen molar-refractivity contribution >= 4 is 5.97 Å². The highest BCUT2D eigenvalue weighted by atomic mass is 19.3. The van der Waals surface area contributed by atoms with E-state index >= 15 is 0 Å². The zero-order valence-corrected chi connectivity index (χ0v) is 8.58. The first-order valence-corrected chi connectivity index (χ1v) is 4.86. The van der Waals surface area contributed by atoms with Gasteiger partial charge in [-0.05, 0) is 6.54 Å². The Morgan fingerprint density at radius 2 is 2.33 bits per heavy atom. The molecule has 1 N–H and O–H groups in total. The quantitative estimate of drug-likeness (QED) is 0.749. The van der Waals surface area contributed by atoms with E-state index in [0.717, 1.165) is 0 Å². The molecule has 1 aliphatic heterocycles. The summed E-state index contributed by atoms with van der Waals surface area (Å²) in [5.74, 6) is -3.75. The molecule has 0 aliphatic carbocycles. The molecule has 0 aromatic rings. The molecule has 1 rings (SSSR count). The van der Waals surface area contributed by atoms with Crippen LogP contribution < -0.4 is 0 Å². The highest BCUT2D eigenvalue weighted by Gasteiger charge is 2.44. The number of likely N-dealkylation sites (N-methyl/N-ethyl adjacent to an activating group) is 1. The number of likely N-dealkylation sites (tertiary alicyclic amines) is 1. The Morgan fingerprint density at radius 1 is 1.67 bits per heavy atom. The molecule has 6 heteroatoms. The number of carbonyl (C=O) groups is 1. The maximum atomic E-state index is 13.0. The summed E-state index contributed by atoms with van der Waals surface area (Å²) in [6.07, 6.45) is -0.250. The predicted octanol–water partition coefficient (Wildman–Crippen LogP) is 0.817. The number of alkyl halides is 2. The van der Waals surface area contributed by atoms with E-state index < -0.39 is 18.5 Å². The van der Waals surface area contributed by atoms with Gasteiger partial charge in [-0.25, -0.2) is 13.6 Å². The second kappa shape index (κ2) is 4.85. The fourth-order valence-electron chi connectivity index (χ4n) is 1.78. The molecular formula is C9H15F2NO3. The minimum absolute atomic E-state index is 0.0513. The topological polar surface area (TPSA) is 49.8 Å². The number of ether oxygens (including phenoxy) is 1. The van der Waals surface area contributed by atoms with Crippen LogP contribution in [0.3, 0.4) is 0 Å². The van der Waals surface area contributed by atoms with Crippen LogP contribution >= 0.6 is 0 Å². The van der Waals surface area contributed by atoms with Crippen LogP contribution in [0.1, 0.15) is 13.3 Å². The molecule has 4 nitrogen and oxygen atoms in total. The van der Waals surface area contributed by atoms with Crippen LogP contribution in [0.25, 0.3) is 0 Å². The van der Waals surface area contributed by atoms with Crippen LogP contribution in [0.15, 0.2) is 0 Å². The van der Waals surface area contributed by atoms with Crippen LogP contribution in [-0.4, -0.2) is 54.2 Å². The second-order valence-electron chi connectivity index (χ2n) is 3.69. The highest BCUT2D eigenvalue weighted by molar-refractivity contribution is 5.67. The molecule has 0 radical (unpaired) electrons. The SMILES string of the molecule is CCN1CC(F)(F)CC1COCC(=O)O. The Balaban J connectivity index is 2.37. The molecule has 15 heavy (non-hydrogen) atoms. The van der Waals surface area contributed by atoms with E-state index in [4.69, 9.17) is 9.84 Å². The lowest BCUT2D eigenvalue weighted by Gasteiger charge is -2.20. The third kappa shape index (κ3) is 3.71. The van der Waals surface area contributed by atoms with Gasteiger partial charge in [0.05, 0.1) is 13.2 Å². The molecule has 88 valence electrons. The number of halogens is 2. The van der Waals surface area contributed by atoms with E-state index in [-0.39, 0.29) is 25.6 Å². The number of carboxylic acids is 1. The molecule has 0 spiro atoms. The summed E-state index contributed by atoms with van der Waals surface area (Å²) < 4.78 is 30.8. The van der Waals surface area contributed by atoms with Gasteiger partial charge in [-0.3, -0.25) is 4.90 Å². The molecule has 0 bridgehead atoms. The van der Waals surface area contributed by atoms with Crippen molar-refractivity contribution < 1.29 is 23.4 Å². The van der Waals surface area contributed by atoms with Gasteiger partial charge >= 0.3 is 5.97 Å². The van der Waals surface area contributed by atoms with Crippen LogP contribution in [0, 0.1) is 0 Å². The Hall–Kier alpha value is -0.750. The van der Waals surface area contributed by atoms with Gasteiger partial charge in [-0.2, -0.15) is 0 Å². The zero-order valence-electron chi connectivity index (χ0n) is 8.58. The van der Waals surface area contributed by atoms with Crippen molar-refractivity contribution in [2.75, 3.05) is 26.3 Å². The lowest BCUT2D eigenvalue weighted by Crippen LogP contribution is -2.33. The Bertz CT molecular complexity index is 235. The van der Waals surface area contributed by atoms with Crippen molar-refractivity contribution in [3.05, 3.63) is 0 Å². The van der Waals surface area contributed by atoms with E-state index in [1.54, 1.807) is 11.8 Å². The summed E-state index contributed by atoms with van der Waals surface area (Å²) in [6, 6.07) is -0.371. The van der Waals surface area contributed by atoms with Crippen molar-refractivity contribution in [3.63, 3.8) is 0 Å². The average Bonchev–Trinajstić information content (AvgIpc) is 2.40. The van der Waals surface area contributed by atoms with Crippen molar-refractivity contribution in [1.82, 2.24) is 4.90 Å². The van der Waals surface area contributed by atoms with Gasteiger partial charge in [-0.1, -0.05) is 6.92 Å². The molecule has 1 unspecified atom stereocenters. The predicted molar refractivity (Wildman–Crippen MR) is 49.1 cm³/mol. The first kappa shape index (κ1) is 12.3. The lowest BCUT2D eigenvalue weighted by molar-refractivity contribution is -0.142. The molecule has 0 aromatic heterocycles. The zero-order chi connectivity index (χ0) is 11.5. The molecule has 0 amide bonds. The summed E-state index contributed by atoms with van der Waals surface area (Å²) in [5, 5.41) is 8.33. The summed E-state index contributed by atoms with van der Waals surface area (Å²) in [7, 11) is 0. The third-order valence-corrected chi connectivity index (χ3v) is 2.43. The number of hydrogen-bond donors (Lipinski definition) is 1. The number of aliphatic carboxylic acids is 1. The molecule has 0 aromatic carbocycles. The molecule has 1 atom stereocenters. The smallest absolute Gasteiger partial charge is 0.329 e. The summed E-state index contributed by atoms with van der Waals surface area (Å²) >= 11 is 0. The minimum atomic E-state index is -2.67. The van der Waals surface area contributed by atoms with Gasteiger partial charge in [0.1, 0.15) is 6.61 Å². The van der Waals surface area contributed by atoms with E-state index in [2.05, 4.69) is 0 Å². The summed E-state index contributed by atoms with van der Waals surface area (Å²) in [4.78, 5) is 11.8.